The minimum atomic E-state index is -0.336. The van der Waals surface area contributed by atoms with E-state index in [9.17, 15) is 4.79 Å². The molecule has 0 saturated heterocycles. The molecule has 5 nitrogen and oxygen atoms in total. The van der Waals surface area contributed by atoms with Crippen molar-refractivity contribution in [3.05, 3.63) is 0 Å². The van der Waals surface area contributed by atoms with Crippen LogP contribution in [0.15, 0.2) is 0 Å². The van der Waals surface area contributed by atoms with Gasteiger partial charge in [-0.3, -0.25) is 0 Å². The van der Waals surface area contributed by atoms with Gasteiger partial charge >= 0.3 is 5.97 Å². The van der Waals surface area contributed by atoms with Crippen molar-refractivity contribution < 1.29 is 23.7 Å². The van der Waals surface area contributed by atoms with E-state index in [0.717, 1.165) is 13.0 Å². The second kappa shape index (κ2) is 14.4. The van der Waals surface area contributed by atoms with E-state index >= 15 is 0 Å². The van der Waals surface area contributed by atoms with Gasteiger partial charge in [0, 0.05) is 6.61 Å². The zero-order valence-corrected chi connectivity index (χ0v) is 11.6. The van der Waals surface area contributed by atoms with Crippen LogP contribution in [-0.2, 0) is 23.7 Å². The quantitative estimate of drug-likeness (QED) is 0.374. The summed E-state index contributed by atoms with van der Waals surface area (Å²) in [5, 5.41) is 0. The summed E-state index contributed by atoms with van der Waals surface area (Å²) in [6.45, 7) is 7.15. The Kier molecular flexibility index (Phi) is 13.9. The molecule has 0 bridgehead atoms. The highest BCUT2D eigenvalue weighted by Crippen LogP contribution is 1.93. The summed E-state index contributed by atoms with van der Waals surface area (Å²) in [5.41, 5.74) is 0. The Hall–Kier alpha value is -0.650. The van der Waals surface area contributed by atoms with Gasteiger partial charge in [-0.25, -0.2) is 4.79 Å². The number of hydrogen-bond acceptors (Lipinski definition) is 5. The molecule has 0 aromatic rings. The third kappa shape index (κ3) is 13.4. The lowest BCUT2D eigenvalue weighted by Gasteiger charge is -2.06. The van der Waals surface area contributed by atoms with Gasteiger partial charge in [0.05, 0.1) is 33.0 Å². The number of rotatable bonds is 13. The highest BCUT2D eigenvalue weighted by atomic mass is 16.6. The number of unbranched alkanes of at least 4 members (excludes halogenated alkanes) is 2. The standard InChI is InChI=1S/C13H26O5/c1-3-5-6-7-15-8-9-16-10-11-17-12-13(14)18-4-2/h3-12H2,1-2H3. The van der Waals surface area contributed by atoms with Crippen LogP contribution in [-0.4, -0.2) is 52.2 Å². The predicted molar refractivity (Wildman–Crippen MR) is 68.6 cm³/mol. The molecule has 0 aromatic carbocycles. The van der Waals surface area contributed by atoms with Crippen LogP contribution in [0, 0.1) is 0 Å². The highest BCUT2D eigenvalue weighted by Gasteiger charge is 2.00. The monoisotopic (exact) mass is 262 g/mol. The van der Waals surface area contributed by atoms with E-state index < -0.39 is 0 Å². The first-order valence-electron chi connectivity index (χ1n) is 6.70. The number of esters is 1. The summed E-state index contributed by atoms with van der Waals surface area (Å²) in [6.07, 6.45) is 3.53. The summed E-state index contributed by atoms with van der Waals surface area (Å²) in [4.78, 5) is 10.9. The number of carbonyl (C=O) groups excluding carboxylic acids is 1. The van der Waals surface area contributed by atoms with Gasteiger partial charge in [0.2, 0.25) is 0 Å². The Bertz CT molecular complexity index is 184. The van der Waals surface area contributed by atoms with Crippen LogP contribution < -0.4 is 0 Å². The summed E-state index contributed by atoms with van der Waals surface area (Å²) < 4.78 is 20.4. The molecule has 0 N–H and O–H groups in total. The van der Waals surface area contributed by atoms with Gasteiger partial charge in [0.15, 0.2) is 0 Å². The topological polar surface area (TPSA) is 54.0 Å². The van der Waals surface area contributed by atoms with Crippen LogP contribution in [0.5, 0.6) is 0 Å². The Morgan fingerprint density at radius 2 is 1.44 bits per heavy atom. The van der Waals surface area contributed by atoms with Gasteiger partial charge in [0.1, 0.15) is 6.61 Å². The molecule has 0 aliphatic carbocycles. The average Bonchev–Trinajstić information content (AvgIpc) is 2.36. The summed E-state index contributed by atoms with van der Waals surface area (Å²) in [7, 11) is 0. The van der Waals surface area contributed by atoms with Gasteiger partial charge in [0.25, 0.3) is 0 Å². The number of ether oxygens (including phenoxy) is 4. The number of hydrogen-bond donors (Lipinski definition) is 0. The van der Waals surface area contributed by atoms with E-state index in [4.69, 9.17) is 18.9 Å². The van der Waals surface area contributed by atoms with Gasteiger partial charge < -0.3 is 18.9 Å². The van der Waals surface area contributed by atoms with E-state index in [1.54, 1.807) is 6.92 Å². The van der Waals surface area contributed by atoms with Crippen molar-refractivity contribution in [2.24, 2.45) is 0 Å². The molecule has 0 atom stereocenters. The Morgan fingerprint density at radius 3 is 2.06 bits per heavy atom. The molecular formula is C13H26O5. The number of carbonyl (C=O) groups is 1. The van der Waals surface area contributed by atoms with Gasteiger partial charge in [-0.05, 0) is 13.3 Å². The zero-order valence-electron chi connectivity index (χ0n) is 11.6. The first kappa shape index (κ1) is 17.4. The fourth-order valence-electron chi connectivity index (χ4n) is 1.25. The summed E-state index contributed by atoms with van der Waals surface area (Å²) >= 11 is 0. The molecule has 0 radical (unpaired) electrons. The van der Waals surface area contributed by atoms with Crippen LogP contribution in [0.4, 0.5) is 0 Å². The van der Waals surface area contributed by atoms with E-state index in [1.807, 2.05) is 0 Å². The average molecular weight is 262 g/mol. The molecule has 0 saturated carbocycles. The van der Waals surface area contributed by atoms with E-state index in [-0.39, 0.29) is 12.6 Å². The molecule has 5 heteroatoms. The molecule has 0 unspecified atom stereocenters. The van der Waals surface area contributed by atoms with Crippen molar-refractivity contribution in [3.8, 4) is 0 Å². The SMILES string of the molecule is CCCCCOCCOCCOCC(=O)OCC. The minimum absolute atomic E-state index is 0.00921. The fourth-order valence-corrected chi connectivity index (χ4v) is 1.25. The van der Waals surface area contributed by atoms with Gasteiger partial charge in [-0.1, -0.05) is 19.8 Å². The second-order valence-corrected chi connectivity index (χ2v) is 3.79. The van der Waals surface area contributed by atoms with Gasteiger partial charge in [-0.15, -0.1) is 0 Å². The lowest BCUT2D eigenvalue weighted by atomic mass is 10.3. The fraction of sp³-hybridized carbons (Fsp3) is 0.923. The molecule has 108 valence electrons. The third-order valence-corrected chi connectivity index (χ3v) is 2.16. The van der Waals surface area contributed by atoms with E-state index in [2.05, 4.69) is 6.92 Å². The van der Waals surface area contributed by atoms with Crippen molar-refractivity contribution in [1.82, 2.24) is 0 Å². The van der Waals surface area contributed by atoms with E-state index in [1.165, 1.54) is 12.8 Å². The molecule has 0 aromatic heterocycles. The molecule has 0 fully saturated rings. The van der Waals surface area contributed by atoms with Crippen LogP contribution >= 0.6 is 0 Å². The summed E-state index contributed by atoms with van der Waals surface area (Å²) in [5.74, 6) is -0.336. The van der Waals surface area contributed by atoms with E-state index in [0.29, 0.717) is 33.0 Å². The molecule has 0 aliphatic rings. The van der Waals surface area contributed by atoms with Crippen LogP contribution in [0.1, 0.15) is 33.1 Å². The Balaban J connectivity index is 3.01. The first-order valence-corrected chi connectivity index (χ1v) is 6.70. The minimum Gasteiger partial charge on any atom is -0.464 e. The molecule has 0 amide bonds. The van der Waals surface area contributed by atoms with Crippen molar-refractivity contribution >= 4 is 5.97 Å². The maximum Gasteiger partial charge on any atom is 0.332 e. The first-order chi connectivity index (χ1) is 8.81. The second-order valence-electron chi connectivity index (χ2n) is 3.79. The van der Waals surface area contributed by atoms with Crippen molar-refractivity contribution in [3.63, 3.8) is 0 Å². The Labute approximate surface area is 110 Å². The molecule has 0 rings (SSSR count). The lowest BCUT2D eigenvalue weighted by Crippen LogP contribution is -2.15. The van der Waals surface area contributed by atoms with Crippen molar-refractivity contribution in [2.75, 3.05) is 46.2 Å². The maximum atomic E-state index is 10.9. The zero-order chi connectivity index (χ0) is 13.5. The third-order valence-electron chi connectivity index (χ3n) is 2.16. The van der Waals surface area contributed by atoms with Crippen molar-refractivity contribution in [1.29, 1.82) is 0 Å². The molecule has 0 heterocycles. The molecule has 0 aliphatic heterocycles. The van der Waals surface area contributed by atoms with Crippen LogP contribution in [0.3, 0.4) is 0 Å². The van der Waals surface area contributed by atoms with Crippen LogP contribution in [0.2, 0.25) is 0 Å². The maximum absolute atomic E-state index is 10.9. The lowest BCUT2D eigenvalue weighted by molar-refractivity contribution is -0.148. The summed E-state index contributed by atoms with van der Waals surface area (Å²) in [6, 6.07) is 0. The highest BCUT2D eigenvalue weighted by molar-refractivity contribution is 5.70. The molecular weight excluding hydrogens is 236 g/mol. The normalized spacial score (nSPS) is 10.6. The van der Waals surface area contributed by atoms with Crippen LogP contribution in [0.25, 0.3) is 0 Å². The van der Waals surface area contributed by atoms with Gasteiger partial charge in [-0.2, -0.15) is 0 Å². The predicted octanol–water partition coefficient (Wildman–Crippen LogP) is 1.79. The van der Waals surface area contributed by atoms with Crippen molar-refractivity contribution in [2.45, 2.75) is 33.1 Å². The smallest absolute Gasteiger partial charge is 0.332 e. The molecule has 18 heavy (non-hydrogen) atoms. The largest absolute Gasteiger partial charge is 0.464 e. The molecule has 0 spiro atoms. The Morgan fingerprint density at radius 1 is 0.833 bits per heavy atom.